The minimum atomic E-state index is -4.61. The molecule has 0 fully saturated rings. The van der Waals surface area contributed by atoms with Crippen LogP contribution in [0.3, 0.4) is 0 Å². The molecule has 174 valence electrons. The first-order chi connectivity index (χ1) is 16.2. The van der Waals surface area contributed by atoms with Crippen molar-refractivity contribution in [2.45, 2.75) is 32.1 Å². The summed E-state index contributed by atoms with van der Waals surface area (Å²) in [5.74, 6) is -1.26. The van der Waals surface area contributed by atoms with Crippen LogP contribution in [0.1, 0.15) is 46.2 Å². The molecule has 0 radical (unpaired) electrons. The monoisotopic (exact) mass is 468 g/mol. The van der Waals surface area contributed by atoms with E-state index in [2.05, 4.69) is 20.4 Å². The molecule has 11 heteroatoms. The number of carbonyl (C=O) groups excluding carboxylic acids is 1. The molecule has 1 amide bonds. The Morgan fingerprint density at radius 2 is 1.85 bits per heavy atom. The van der Waals surface area contributed by atoms with Gasteiger partial charge < -0.3 is 9.47 Å². The summed E-state index contributed by atoms with van der Waals surface area (Å²) in [6, 6.07) is 13.5. The molecule has 1 N–H and O–H groups in total. The van der Waals surface area contributed by atoms with Gasteiger partial charge in [-0.25, -0.2) is 5.10 Å². The lowest BCUT2D eigenvalue weighted by atomic mass is 10.0. The molecule has 0 bridgehead atoms. The van der Waals surface area contributed by atoms with Gasteiger partial charge in [0.25, 0.3) is 11.5 Å². The molecule has 1 aliphatic rings. The summed E-state index contributed by atoms with van der Waals surface area (Å²) in [4.78, 5) is 26.8. The average Bonchev–Trinajstić information content (AvgIpc) is 3.27. The zero-order valence-corrected chi connectivity index (χ0v) is 18.0. The number of hydrogen-bond acceptors (Lipinski definition) is 5. The molecule has 1 atom stereocenters. The number of fused-ring (bicyclic) bond motifs is 2. The second-order valence-corrected chi connectivity index (χ2v) is 8.13. The highest BCUT2D eigenvalue weighted by Crippen LogP contribution is 2.33. The molecule has 3 heterocycles. The Hall–Kier alpha value is -4.02. The van der Waals surface area contributed by atoms with Crippen molar-refractivity contribution in [1.29, 1.82) is 0 Å². The summed E-state index contributed by atoms with van der Waals surface area (Å²) < 4.78 is 40.5. The standard InChI is InChI=1S/C23H19F3N6O2/c1-13-19-28-30-22(23(24,25)26)32(19)10-9-31(13)21(34)15-6-4-5-14(11-15)12-18-16-7-2-3-8-17(16)20(33)29-27-18/h2-8,11,13H,9-10,12H2,1H3,(H,29,33)/t13-/m0/s1. The van der Waals surface area contributed by atoms with Crippen LogP contribution in [0.4, 0.5) is 13.2 Å². The zero-order chi connectivity index (χ0) is 24.0. The van der Waals surface area contributed by atoms with E-state index in [4.69, 9.17) is 0 Å². The van der Waals surface area contributed by atoms with Crippen molar-refractivity contribution in [2.24, 2.45) is 0 Å². The van der Waals surface area contributed by atoms with Crippen LogP contribution in [-0.2, 0) is 19.1 Å². The van der Waals surface area contributed by atoms with Crippen molar-refractivity contribution < 1.29 is 18.0 Å². The van der Waals surface area contributed by atoms with E-state index in [0.717, 1.165) is 15.5 Å². The predicted molar refractivity (Wildman–Crippen MR) is 116 cm³/mol. The third-order valence-electron chi connectivity index (χ3n) is 6.02. The lowest BCUT2D eigenvalue weighted by Gasteiger charge is -2.34. The zero-order valence-electron chi connectivity index (χ0n) is 18.0. The number of hydrogen-bond donors (Lipinski definition) is 1. The van der Waals surface area contributed by atoms with Gasteiger partial charge in [-0.2, -0.15) is 18.3 Å². The van der Waals surface area contributed by atoms with E-state index in [9.17, 15) is 22.8 Å². The van der Waals surface area contributed by atoms with Crippen molar-refractivity contribution in [3.05, 3.63) is 87.4 Å². The summed E-state index contributed by atoms with van der Waals surface area (Å²) in [6.45, 7) is 1.70. The third kappa shape index (κ3) is 3.72. The first kappa shape index (κ1) is 21.8. The van der Waals surface area contributed by atoms with E-state index < -0.39 is 18.0 Å². The van der Waals surface area contributed by atoms with Gasteiger partial charge in [0.15, 0.2) is 5.82 Å². The van der Waals surface area contributed by atoms with Crippen LogP contribution in [0.25, 0.3) is 10.8 Å². The number of aromatic nitrogens is 5. The number of nitrogens with one attached hydrogen (secondary N) is 1. The van der Waals surface area contributed by atoms with Gasteiger partial charge >= 0.3 is 6.18 Å². The summed E-state index contributed by atoms with van der Waals surface area (Å²) >= 11 is 0. The van der Waals surface area contributed by atoms with E-state index in [-0.39, 0.29) is 30.4 Å². The maximum absolute atomic E-state index is 13.3. The number of alkyl halides is 3. The van der Waals surface area contributed by atoms with Gasteiger partial charge in [0.05, 0.1) is 17.1 Å². The average molecular weight is 468 g/mol. The largest absolute Gasteiger partial charge is 0.451 e. The molecule has 0 unspecified atom stereocenters. The normalized spacial score (nSPS) is 16.0. The van der Waals surface area contributed by atoms with Crippen molar-refractivity contribution in [2.75, 3.05) is 6.54 Å². The van der Waals surface area contributed by atoms with Crippen molar-refractivity contribution in [3.8, 4) is 0 Å². The number of halogens is 3. The topological polar surface area (TPSA) is 96.8 Å². The van der Waals surface area contributed by atoms with E-state index in [1.165, 1.54) is 4.90 Å². The summed E-state index contributed by atoms with van der Waals surface area (Å²) in [7, 11) is 0. The fourth-order valence-electron chi connectivity index (χ4n) is 4.35. The van der Waals surface area contributed by atoms with Crippen LogP contribution in [0.15, 0.2) is 53.3 Å². The van der Waals surface area contributed by atoms with Crippen molar-refractivity contribution >= 4 is 16.7 Å². The van der Waals surface area contributed by atoms with Crippen LogP contribution in [0.2, 0.25) is 0 Å². The first-order valence-corrected chi connectivity index (χ1v) is 10.6. The molecule has 8 nitrogen and oxygen atoms in total. The van der Waals surface area contributed by atoms with E-state index in [1.54, 1.807) is 37.3 Å². The highest BCUT2D eigenvalue weighted by atomic mass is 19.4. The van der Waals surface area contributed by atoms with Gasteiger partial charge in [-0.05, 0) is 30.7 Å². The number of amides is 1. The lowest BCUT2D eigenvalue weighted by molar-refractivity contribution is -0.148. The lowest BCUT2D eigenvalue weighted by Crippen LogP contribution is -2.42. The molecule has 4 aromatic rings. The molecule has 0 saturated heterocycles. The molecular weight excluding hydrogens is 449 g/mol. The fraction of sp³-hybridized carbons (Fsp3) is 0.261. The van der Waals surface area contributed by atoms with E-state index in [1.807, 2.05) is 18.2 Å². The smallest absolute Gasteiger partial charge is 0.327 e. The highest BCUT2D eigenvalue weighted by Gasteiger charge is 2.41. The van der Waals surface area contributed by atoms with Crippen LogP contribution >= 0.6 is 0 Å². The van der Waals surface area contributed by atoms with Gasteiger partial charge in [0, 0.05) is 30.5 Å². The van der Waals surface area contributed by atoms with Crippen LogP contribution in [0, 0.1) is 0 Å². The van der Waals surface area contributed by atoms with Crippen LogP contribution in [-0.4, -0.2) is 42.3 Å². The van der Waals surface area contributed by atoms with Crippen molar-refractivity contribution in [3.63, 3.8) is 0 Å². The molecule has 34 heavy (non-hydrogen) atoms. The molecule has 2 aromatic heterocycles. The molecule has 0 aliphatic carbocycles. The Balaban J connectivity index is 1.41. The van der Waals surface area contributed by atoms with Gasteiger partial charge in [0.1, 0.15) is 0 Å². The Morgan fingerprint density at radius 1 is 1.09 bits per heavy atom. The summed E-state index contributed by atoms with van der Waals surface area (Å²) in [6.07, 6.45) is -4.22. The number of carbonyl (C=O) groups is 1. The summed E-state index contributed by atoms with van der Waals surface area (Å²) in [5, 5.41) is 14.9. The fourth-order valence-corrected chi connectivity index (χ4v) is 4.35. The van der Waals surface area contributed by atoms with Crippen LogP contribution < -0.4 is 5.56 Å². The number of rotatable bonds is 3. The number of H-pyrrole nitrogens is 1. The Bertz CT molecular complexity index is 1460. The third-order valence-corrected chi connectivity index (χ3v) is 6.02. The van der Waals surface area contributed by atoms with E-state index in [0.29, 0.717) is 23.1 Å². The Morgan fingerprint density at radius 3 is 2.62 bits per heavy atom. The van der Waals surface area contributed by atoms with Gasteiger partial charge in [-0.3, -0.25) is 9.59 Å². The molecule has 1 aliphatic heterocycles. The second kappa shape index (κ2) is 8.08. The SMILES string of the molecule is C[C@H]1c2nnc(C(F)(F)F)n2CCN1C(=O)c1cccc(Cc2n[nH]c(=O)c3ccccc23)c1. The molecule has 0 saturated carbocycles. The molecule has 0 spiro atoms. The van der Waals surface area contributed by atoms with E-state index >= 15 is 0 Å². The number of aromatic amines is 1. The van der Waals surface area contributed by atoms with Crippen LogP contribution in [0.5, 0.6) is 0 Å². The summed E-state index contributed by atoms with van der Waals surface area (Å²) in [5.41, 5.74) is 1.60. The molecule has 2 aromatic carbocycles. The quantitative estimate of drug-likeness (QED) is 0.498. The molecule has 5 rings (SSSR count). The Labute approximate surface area is 191 Å². The van der Waals surface area contributed by atoms with Gasteiger partial charge in [-0.15, -0.1) is 10.2 Å². The maximum atomic E-state index is 13.3. The number of benzene rings is 2. The Kier molecular flexibility index (Phi) is 5.18. The highest BCUT2D eigenvalue weighted by molar-refractivity contribution is 5.94. The molecular formula is C23H19F3N6O2. The van der Waals surface area contributed by atoms with Gasteiger partial charge in [-0.1, -0.05) is 30.3 Å². The van der Waals surface area contributed by atoms with Gasteiger partial charge in [0.2, 0.25) is 5.82 Å². The second-order valence-electron chi connectivity index (χ2n) is 8.13. The van der Waals surface area contributed by atoms with Crippen molar-refractivity contribution in [1.82, 2.24) is 29.9 Å². The number of nitrogens with zero attached hydrogens (tertiary/aromatic N) is 5. The first-order valence-electron chi connectivity index (χ1n) is 10.6. The minimum Gasteiger partial charge on any atom is -0.327 e. The predicted octanol–water partition coefficient (Wildman–Crippen LogP) is 3.34. The maximum Gasteiger partial charge on any atom is 0.451 e. The minimum absolute atomic E-state index is 0.0414.